The molecule has 5 nitrogen and oxygen atoms in total. The van der Waals surface area contributed by atoms with Gasteiger partial charge in [-0.3, -0.25) is 14.5 Å². The van der Waals surface area contributed by atoms with Crippen LogP contribution in [0.15, 0.2) is 48.7 Å². The Bertz CT molecular complexity index is 685. The van der Waals surface area contributed by atoms with E-state index in [2.05, 4.69) is 4.98 Å². The molecule has 0 fully saturated rings. The predicted octanol–water partition coefficient (Wildman–Crippen LogP) is 2.35. The number of amides is 1. The molecular formula is C16H14N2O3. The number of nitrogens with zero attached hydrogens (tertiary/aromatic N) is 2. The summed E-state index contributed by atoms with van der Waals surface area (Å²) in [5.74, 6) is 0.0382. The Morgan fingerprint density at radius 1 is 1.24 bits per heavy atom. The molecule has 106 valence electrons. The van der Waals surface area contributed by atoms with E-state index in [0.717, 1.165) is 5.56 Å². The lowest BCUT2D eigenvalue weighted by Crippen LogP contribution is -2.30. The minimum atomic E-state index is -0.379. The highest BCUT2D eigenvalue weighted by Crippen LogP contribution is 2.38. The Labute approximate surface area is 122 Å². The number of ether oxygens (including phenoxy) is 1. The molecule has 0 aliphatic carbocycles. The van der Waals surface area contributed by atoms with E-state index in [1.807, 2.05) is 24.3 Å². The van der Waals surface area contributed by atoms with Crippen molar-refractivity contribution >= 4 is 17.7 Å². The topological polar surface area (TPSA) is 59.5 Å². The molecule has 0 saturated heterocycles. The van der Waals surface area contributed by atoms with E-state index in [9.17, 15) is 9.59 Å². The molecule has 0 saturated carbocycles. The summed E-state index contributed by atoms with van der Waals surface area (Å²) in [6.07, 6.45) is 1.73. The van der Waals surface area contributed by atoms with Gasteiger partial charge in [-0.25, -0.2) is 4.98 Å². The zero-order valence-electron chi connectivity index (χ0n) is 11.5. The van der Waals surface area contributed by atoms with Crippen LogP contribution in [0.4, 0.5) is 5.82 Å². The zero-order valence-corrected chi connectivity index (χ0v) is 11.5. The van der Waals surface area contributed by atoms with Crippen LogP contribution in [-0.4, -0.2) is 24.0 Å². The molecular weight excluding hydrogens is 268 g/mol. The van der Waals surface area contributed by atoms with Crippen LogP contribution in [0.25, 0.3) is 0 Å². The third-order valence-electron chi connectivity index (χ3n) is 3.56. The number of benzene rings is 1. The fraction of sp³-hybridized carbons (Fsp3) is 0.188. The van der Waals surface area contributed by atoms with E-state index in [4.69, 9.17) is 4.74 Å². The van der Waals surface area contributed by atoms with Gasteiger partial charge in [0.1, 0.15) is 5.82 Å². The van der Waals surface area contributed by atoms with E-state index in [0.29, 0.717) is 11.4 Å². The molecule has 0 spiro atoms. The summed E-state index contributed by atoms with van der Waals surface area (Å²) >= 11 is 0. The van der Waals surface area contributed by atoms with Gasteiger partial charge in [-0.15, -0.1) is 0 Å². The van der Waals surface area contributed by atoms with Gasteiger partial charge in [0.2, 0.25) is 0 Å². The monoisotopic (exact) mass is 282 g/mol. The molecule has 2 aromatic rings. The number of aromatic nitrogens is 1. The molecule has 1 aliphatic heterocycles. The summed E-state index contributed by atoms with van der Waals surface area (Å²) in [6, 6.07) is 12.3. The Balaban J connectivity index is 2.06. The first kappa shape index (κ1) is 13.3. The van der Waals surface area contributed by atoms with E-state index in [1.54, 1.807) is 29.3 Å². The number of hydrogen-bond donors (Lipinski definition) is 0. The molecule has 0 bridgehead atoms. The van der Waals surface area contributed by atoms with Crippen LogP contribution < -0.4 is 4.90 Å². The van der Waals surface area contributed by atoms with Gasteiger partial charge in [-0.05, 0) is 23.8 Å². The van der Waals surface area contributed by atoms with Gasteiger partial charge in [0.25, 0.3) is 5.91 Å². The van der Waals surface area contributed by atoms with Crippen LogP contribution >= 0.6 is 0 Å². The van der Waals surface area contributed by atoms with Crippen molar-refractivity contribution in [1.29, 1.82) is 0 Å². The largest absolute Gasteiger partial charge is 0.469 e. The predicted molar refractivity (Wildman–Crippen MR) is 76.9 cm³/mol. The van der Waals surface area contributed by atoms with Gasteiger partial charge in [0.15, 0.2) is 0 Å². The number of hydrogen-bond acceptors (Lipinski definition) is 4. The first-order chi connectivity index (χ1) is 10.2. The Kier molecular flexibility index (Phi) is 3.39. The first-order valence-corrected chi connectivity index (χ1v) is 6.62. The quantitative estimate of drug-likeness (QED) is 0.811. The number of pyridine rings is 1. The summed E-state index contributed by atoms with van der Waals surface area (Å²) in [4.78, 5) is 30.1. The number of esters is 1. The smallest absolute Gasteiger partial charge is 0.307 e. The van der Waals surface area contributed by atoms with Gasteiger partial charge >= 0.3 is 5.97 Å². The van der Waals surface area contributed by atoms with Crippen molar-refractivity contribution in [2.45, 2.75) is 12.5 Å². The lowest BCUT2D eigenvalue weighted by molar-refractivity contribution is -0.141. The Hall–Kier alpha value is -2.69. The van der Waals surface area contributed by atoms with Crippen LogP contribution in [0.5, 0.6) is 0 Å². The van der Waals surface area contributed by atoms with Crippen LogP contribution in [0.2, 0.25) is 0 Å². The third kappa shape index (κ3) is 2.27. The first-order valence-electron chi connectivity index (χ1n) is 6.62. The summed E-state index contributed by atoms with van der Waals surface area (Å²) in [7, 11) is 1.34. The molecule has 3 rings (SSSR count). The summed E-state index contributed by atoms with van der Waals surface area (Å²) in [5, 5.41) is 0. The molecule has 2 heterocycles. The SMILES string of the molecule is COC(=O)CC1c2ccccc2C(=O)N1c1ccccn1. The lowest BCUT2D eigenvalue weighted by atomic mass is 10.0. The molecule has 21 heavy (non-hydrogen) atoms. The van der Waals surface area contributed by atoms with Crippen molar-refractivity contribution < 1.29 is 14.3 Å². The summed E-state index contributed by atoms with van der Waals surface area (Å²) < 4.78 is 4.75. The highest BCUT2D eigenvalue weighted by atomic mass is 16.5. The maximum Gasteiger partial charge on any atom is 0.307 e. The Morgan fingerprint density at radius 2 is 2.00 bits per heavy atom. The van der Waals surface area contributed by atoms with Gasteiger partial charge in [-0.1, -0.05) is 24.3 Å². The van der Waals surface area contributed by atoms with Crippen LogP contribution in [0.3, 0.4) is 0 Å². The fourth-order valence-corrected chi connectivity index (χ4v) is 2.60. The molecule has 1 aromatic heterocycles. The second-order valence-corrected chi connectivity index (χ2v) is 4.75. The van der Waals surface area contributed by atoms with Crippen molar-refractivity contribution in [3.63, 3.8) is 0 Å². The lowest BCUT2D eigenvalue weighted by Gasteiger charge is -2.23. The summed E-state index contributed by atoms with van der Waals surface area (Å²) in [5.41, 5.74) is 1.44. The van der Waals surface area contributed by atoms with Crippen molar-refractivity contribution in [2.24, 2.45) is 0 Å². The summed E-state index contributed by atoms with van der Waals surface area (Å²) in [6.45, 7) is 0. The highest BCUT2D eigenvalue weighted by molar-refractivity contribution is 6.11. The van der Waals surface area contributed by atoms with Crippen molar-refractivity contribution in [2.75, 3.05) is 12.0 Å². The maximum atomic E-state index is 12.6. The molecule has 1 aromatic carbocycles. The number of fused-ring (bicyclic) bond motifs is 1. The molecule has 1 atom stereocenters. The average molecular weight is 282 g/mol. The van der Waals surface area contributed by atoms with Crippen LogP contribution in [-0.2, 0) is 9.53 Å². The molecule has 0 N–H and O–H groups in total. The van der Waals surface area contributed by atoms with Gasteiger partial charge in [0, 0.05) is 11.8 Å². The van der Waals surface area contributed by atoms with Crippen molar-refractivity contribution in [1.82, 2.24) is 4.98 Å². The molecule has 0 radical (unpaired) electrons. The Morgan fingerprint density at radius 3 is 2.71 bits per heavy atom. The van der Waals surface area contributed by atoms with Crippen LogP contribution in [0, 0.1) is 0 Å². The van der Waals surface area contributed by atoms with E-state index in [1.165, 1.54) is 7.11 Å². The third-order valence-corrected chi connectivity index (χ3v) is 3.56. The number of carbonyl (C=O) groups is 2. The second kappa shape index (κ2) is 5.36. The van der Waals surface area contributed by atoms with Crippen molar-refractivity contribution in [3.05, 3.63) is 59.8 Å². The number of anilines is 1. The van der Waals surface area contributed by atoms with E-state index < -0.39 is 0 Å². The molecule has 5 heteroatoms. The average Bonchev–Trinajstić information content (AvgIpc) is 2.81. The van der Waals surface area contributed by atoms with Crippen molar-refractivity contribution in [3.8, 4) is 0 Å². The zero-order chi connectivity index (χ0) is 14.8. The molecule has 1 aliphatic rings. The van der Waals surface area contributed by atoms with Gasteiger partial charge < -0.3 is 4.74 Å². The van der Waals surface area contributed by atoms with Crippen LogP contribution in [0.1, 0.15) is 28.4 Å². The minimum Gasteiger partial charge on any atom is -0.469 e. The minimum absolute atomic E-state index is 0.107. The number of methoxy groups -OCH3 is 1. The normalized spacial score (nSPS) is 16.7. The number of carbonyl (C=O) groups excluding carboxylic acids is 2. The van der Waals surface area contributed by atoms with E-state index in [-0.39, 0.29) is 24.3 Å². The molecule has 1 unspecified atom stereocenters. The number of rotatable bonds is 3. The highest BCUT2D eigenvalue weighted by Gasteiger charge is 2.39. The standard InChI is InChI=1S/C16H14N2O3/c1-21-15(19)10-13-11-6-2-3-7-12(11)16(20)18(13)14-8-4-5-9-17-14/h2-9,13H,10H2,1H3. The second-order valence-electron chi connectivity index (χ2n) is 4.75. The molecule has 1 amide bonds. The van der Waals surface area contributed by atoms with Gasteiger partial charge in [-0.2, -0.15) is 0 Å². The van der Waals surface area contributed by atoms with Gasteiger partial charge in [0.05, 0.1) is 19.6 Å². The fourth-order valence-electron chi connectivity index (χ4n) is 2.60. The van der Waals surface area contributed by atoms with E-state index >= 15 is 0 Å². The maximum absolute atomic E-state index is 12.6.